The quantitative estimate of drug-likeness (QED) is 0.589. The Hall–Kier alpha value is -1.23. The summed E-state index contributed by atoms with van der Waals surface area (Å²) in [5, 5.41) is 5.59. The Bertz CT molecular complexity index is 724. The number of nitrogens with zero attached hydrogens (tertiary/aromatic N) is 3. The first-order chi connectivity index (χ1) is 12.5. The van der Waals surface area contributed by atoms with Gasteiger partial charge in [0.15, 0.2) is 0 Å². The van der Waals surface area contributed by atoms with Crippen LogP contribution in [0.25, 0.3) is 5.69 Å². The molecule has 0 radical (unpaired) electrons. The van der Waals surface area contributed by atoms with E-state index >= 15 is 0 Å². The molecule has 0 amide bonds. The molecule has 0 saturated carbocycles. The Kier molecular flexibility index (Phi) is 6.85. The number of ether oxygens (including phenoxy) is 1. The smallest absolute Gasteiger partial charge is 0.233 e. The summed E-state index contributed by atoms with van der Waals surface area (Å²) >= 11 is 12.1. The van der Waals surface area contributed by atoms with Crippen molar-refractivity contribution in [1.29, 1.82) is 0 Å². The molecule has 1 aromatic carbocycles. The molecule has 2 heterocycles. The third-order valence-electron chi connectivity index (χ3n) is 5.01. The van der Waals surface area contributed by atoms with Crippen molar-refractivity contribution in [2.24, 2.45) is 5.92 Å². The highest BCUT2D eigenvalue weighted by molar-refractivity contribution is 6.42. The molecule has 4 nitrogen and oxygen atoms in total. The van der Waals surface area contributed by atoms with Crippen LogP contribution in [0.2, 0.25) is 10.0 Å². The number of piperidine rings is 1. The van der Waals surface area contributed by atoms with Gasteiger partial charge in [0, 0.05) is 11.8 Å². The number of rotatable bonds is 7. The molecule has 0 N–H and O–H groups in total. The third-order valence-corrected chi connectivity index (χ3v) is 5.75. The van der Waals surface area contributed by atoms with Crippen molar-refractivity contribution in [1.82, 2.24) is 14.7 Å². The minimum atomic E-state index is 0.522. The highest BCUT2D eigenvalue weighted by atomic mass is 35.5. The van der Waals surface area contributed by atoms with E-state index < -0.39 is 0 Å². The summed E-state index contributed by atoms with van der Waals surface area (Å²) in [5.41, 5.74) is 1.88. The molecule has 1 aliphatic rings. The van der Waals surface area contributed by atoms with E-state index in [0.717, 1.165) is 23.7 Å². The molecule has 1 saturated heterocycles. The molecule has 0 aliphatic carbocycles. The fourth-order valence-corrected chi connectivity index (χ4v) is 3.59. The van der Waals surface area contributed by atoms with Crippen LogP contribution >= 0.6 is 23.2 Å². The zero-order valence-corrected chi connectivity index (χ0v) is 17.1. The maximum absolute atomic E-state index is 6.10. The van der Waals surface area contributed by atoms with Crippen LogP contribution < -0.4 is 4.74 Å². The third kappa shape index (κ3) is 5.15. The summed E-state index contributed by atoms with van der Waals surface area (Å²) < 4.78 is 7.67. The molecule has 1 aliphatic heterocycles. The van der Waals surface area contributed by atoms with Gasteiger partial charge in [-0.1, -0.05) is 30.1 Å². The van der Waals surface area contributed by atoms with Crippen molar-refractivity contribution < 1.29 is 4.74 Å². The van der Waals surface area contributed by atoms with Crippen LogP contribution in [0.5, 0.6) is 5.88 Å². The van der Waals surface area contributed by atoms with Crippen LogP contribution in [0.4, 0.5) is 0 Å². The van der Waals surface area contributed by atoms with Crippen molar-refractivity contribution in [3.05, 3.63) is 40.0 Å². The van der Waals surface area contributed by atoms with Gasteiger partial charge in [0.1, 0.15) is 0 Å². The number of hydrogen-bond acceptors (Lipinski definition) is 3. The number of hydrogen-bond donors (Lipinski definition) is 0. The minimum Gasteiger partial charge on any atom is -0.477 e. The second kappa shape index (κ2) is 9.12. The van der Waals surface area contributed by atoms with Crippen LogP contribution in [0, 0.1) is 12.8 Å². The van der Waals surface area contributed by atoms with Crippen LogP contribution in [0.3, 0.4) is 0 Å². The van der Waals surface area contributed by atoms with Gasteiger partial charge >= 0.3 is 0 Å². The molecule has 3 rings (SSSR count). The van der Waals surface area contributed by atoms with Gasteiger partial charge in [0.2, 0.25) is 5.88 Å². The summed E-state index contributed by atoms with van der Waals surface area (Å²) in [6.45, 7) is 8.71. The molecular weight excluding hydrogens is 369 g/mol. The van der Waals surface area contributed by atoms with Crippen LogP contribution in [0.1, 0.15) is 38.3 Å². The van der Waals surface area contributed by atoms with Crippen molar-refractivity contribution in [2.45, 2.75) is 39.5 Å². The lowest BCUT2D eigenvalue weighted by Gasteiger charge is -2.30. The topological polar surface area (TPSA) is 30.3 Å². The summed E-state index contributed by atoms with van der Waals surface area (Å²) in [5.74, 6) is 1.55. The van der Waals surface area contributed by atoms with Gasteiger partial charge in [-0.05, 0) is 76.4 Å². The monoisotopic (exact) mass is 395 g/mol. The SMILES string of the molecule is Cc1cc(OCCCCN2CCC(C)CC2)nn1-c1ccc(Cl)c(Cl)c1. The van der Waals surface area contributed by atoms with Gasteiger partial charge in [0.25, 0.3) is 0 Å². The average Bonchev–Trinajstić information content (AvgIpc) is 2.99. The Labute approximate surface area is 166 Å². The van der Waals surface area contributed by atoms with E-state index in [1.807, 2.05) is 29.8 Å². The van der Waals surface area contributed by atoms with Gasteiger partial charge in [-0.15, -0.1) is 5.10 Å². The Balaban J connectivity index is 1.45. The predicted octanol–water partition coefficient (Wildman–Crippen LogP) is 5.38. The van der Waals surface area contributed by atoms with E-state index in [1.165, 1.54) is 38.9 Å². The first kappa shape index (κ1) is 19.5. The Morgan fingerprint density at radius 3 is 2.62 bits per heavy atom. The molecule has 142 valence electrons. The fraction of sp³-hybridized carbons (Fsp3) is 0.550. The number of benzene rings is 1. The van der Waals surface area contributed by atoms with Crippen molar-refractivity contribution in [2.75, 3.05) is 26.2 Å². The molecule has 0 bridgehead atoms. The number of likely N-dealkylation sites (tertiary alicyclic amines) is 1. The van der Waals surface area contributed by atoms with Crippen molar-refractivity contribution >= 4 is 23.2 Å². The summed E-state index contributed by atoms with van der Waals surface area (Å²) in [6, 6.07) is 7.45. The fourth-order valence-electron chi connectivity index (χ4n) is 3.29. The first-order valence-corrected chi connectivity index (χ1v) is 10.2. The van der Waals surface area contributed by atoms with E-state index in [1.54, 1.807) is 6.07 Å². The van der Waals surface area contributed by atoms with Gasteiger partial charge in [-0.3, -0.25) is 0 Å². The molecule has 1 fully saturated rings. The average molecular weight is 396 g/mol. The van der Waals surface area contributed by atoms with E-state index in [4.69, 9.17) is 27.9 Å². The maximum atomic E-state index is 6.10. The zero-order chi connectivity index (χ0) is 18.5. The predicted molar refractivity (Wildman–Crippen MR) is 108 cm³/mol. The van der Waals surface area contributed by atoms with E-state index in [-0.39, 0.29) is 0 Å². The number of aryl methyl sites for hydroxylation is 1. The first-order valence-electron chi connectivity index (χ1n) is 9.40. The molecule has 1 aromatic heterocycles. The molecule has 0 unspecified atom stereocenters. The number of aromatic nitrogens is 2. The van der Waals surface area contributed by atoms with Crippen molar-refractivity contribution in [3.63, 3.8) is 0 Å². The normalized spacial score (nSPS) is 16.2. The van der Waals surface area contributed by atoms with Gasteiger partial charge in [-0.2, -0.15) is 0 Å². The maximum Gasteiger partial charge on any atom is 0.233 e. The summed E-state index contributed by atoms with van der Waals surface area (Å²) in [4.78, 5) is 2.57. The lowest BCUT2D eigenvalue weighted by atomic mass is 9.99. The largest absolute Gasteiger partial charge is 0.477 e. The molecule has 6 heteroatoms. The van der Waals surface area contributed by atoms with Gasteiger partial charge in [0.05, 0.1) is 22.3 Å². The standard InChI is InChI=1S/C20H27Cl2N3O/c1-15-7-10-24(11-8-15)9-3-4-12-26-20-13-16(2)25(23-20)17-5-6-18(21)19(22)14-17/h5-6,13-15H,3-4,7-12H2,1-2H3. The lowest BCUT2D eigenvalue weighted by Crippen LogP contribution is -2.33. The van der Waals surface area contributed by atoms with Crippen molar-refractivity contribution in [3.8, 4) is 11.6 Å². The van der Waals surface area contributed by atoms with Crippen LogP contribution in [-0.2, 0) is 0 Å². The number of unbranched alkanes of at least 4 members (excludes halogenated alkanes) is 1. The Morgan fingerprint density at radius 2 is 1.88 bits per heavy atom. The molecule has 2 aromatic rings. The molecule has 0 atom stereocenters. The highest BCUT2D eigenvalue weighted by Gasteiger charge is 2.15. The molecule has 26 heavy (non-hydrogen) atoms. The zero-order valence-electron chi connectivity index (χ0n) is 15.5. The summed E-state index contributed by atoms with van der Waals surface area (Å²) in [6.07, 6.45) is 4.88. The van der Waals surface area contributed by atoms with Gasteiger partial charge in [-0.25, -0.2) is 4.68 Å². The van der Waals surface area contributed by atoms with E-state index in [2.05, 4.69) is 16.9 Å². The minimum absolute atomic E-state index is 0.522. The summed E-state index contributed by atoms with van der Waals surface area (Å²) in [7, 11) is 0. The van der Waals surface area contributed by atoms with E-state index in [0.29, 0.717) is 22.5 Å². The Morgan fingerprint density at radius 1 is 1.12 bits per heavy atom. The van der Waals surface area contributed by atoms with E-state index in [9.17, 15) is 0 Å². The molecule has 0 spiro atoms. The lowest BCUT2D eigenvalue weighted by molar-refractivity contribution is 0.184. The van der Waals surface area contributed by atoms with Crippen LogP contribution in [0.15, 0.2) is 24.3 Å². The second-order valence-electron chi connectivity index (χ2n) is 7.21. The molecular formula is C20H27Cl2N3O. The number of halogens is 2. The van der Waals surface area contributed by atoms with Gasteiger partial charge < -0.3 is 9.64 Å². The highest BCUT2D eigenvalue weighted by Crippen LogP contribution is 2.26. The van der Waals surface area contributed by atoms with Crippen LogP contribution in [-0.4, -0.2) is 40.9 Å². The second-order valence-corrected chi connectivity index (χ2v) is 8.03.